The van der Waals surface area contributed by atoms with Crippen LogP contribution >= 0.6 is 22.6 Å². The van der Waals surface area contributed by atoms with E-state index in [1.54, 1.807) is 12.1 Å². The Kier molecular flexibility index (Phi) is 4.94. The summed E-state index contributed by atoms with van der Waals surface area (Å²) in [5.74, 6) is -1.55. The number of hydrogen-bond donors (Lipinski definition) is 3. The van der Waals surface area contributed by atoms with Crippen molar-refractivity contribution in [3.63, 3.8) is 0 Å². The first-order valence-corrected chi connectivity index (χ1v) is 9.63. The average Bonchev–Trinajstić information content (AvgIpc) is 2.59. The number of phenolic OH excluding ortho intramolecular Hbond substituents is 2. The third-order valence-electron chi connectivity index (χ3n) is 5.14. The van der Waals surface area contributed by atoms with Crippen molar-refractivity contribution in [3.8, 4) is 11.5 Å². The Labute approximate surface area is 171 Å². The lowest BCUT2D eigenvalue weighted by molar-refractivity contribution is -0.892. The van der Waals surface area contributed by atoms with Gasteiger partial charge in [0.1, 0.15) is 17.5 Å². The van der Waals surface area contributed by atoms with E-state index in [1.807, 2.05) is 0 Å². The Hall–Kier alpha value is -2.13. The Morgan fingerprint density at radius 1 is 0.963 bits per heavy atom. The average molecular weight is 481 g/mol. The van der Waals surface area contributed by atoms with Gasteiger partial charge in [-0.2, -0.15) is 0 Å². The van der Waals surface area contributed by atoms with E-state index in [1.165, 1.54) is 12.1 Å². The standard InChI is InChI=1S/C20H21IN2O4/c1-10(23(2,3)4)9-22-18-12(21)6-5-11-15(18)20(27)17-14(25)8-7-13(24)16(17)19(11)26/h5-8,10H,9H2,1-4H3,(H2-,22,24,25,26,27)/p+1. The fourth-order valence-corrected chi connectivity index (χ4v) is 3.64. The van der Waals surface area contributed by atoms with Crippen molar-refractivity contribution in [2.24, 2.45) is 0 Å². The molecule has 0 fully saturated rings. The maximum absolute atomic E-state index is 13.2. The van der Waals surface area contributed by atoms with Gasteiger partial charge >= 0.3 is 0 Å². The molecule has 0 saturated carbocycles. The summed E-state index contributed by atoms with van der Waals surface area (Å²) in [6.07, 6.45) is 0. The SMILES string of the molecule is CC(CNc1c(I)ccc2c1C(=O)c1c(O)ccc(O)c1C2=O)[N+](C)(C)C. The van der Waals surface area contributed by atoms with E-state index >= 15 is 0 Å². The van der Waals surface area contributed by atoms with Crippen LogP contribution in [0.2, 0.25) is 0 Å². The van der Waals surface area contributed by atoms with Crippen LogP contribution in [-0.4, -0.2) is 60.0 Å². The molecular weight excluding hydrogens is 459 g/mol. The monoisotopic (exact) mass is 481 g/mol. The normalized spacial score (nSPS) is 14.6. The predicted octanol–water partition coefficient (Wildman–Crippen LogP) is 2.98. The molecule has 0 amide bonds. The number of likely N-dealkylation sites (N-methyl/N-ethyl adjacent to an activating group) is 1. The molecular formula is C20H22IN2O4+. The smallest absolute Gasteiger partial charge is 0.200 e. The molecule has 0 saturated heterocycles. The third-order valence-corrected chi connectivity index (χ3v) is 6.04. The first kappa shape index (κ1) is 19.6. The number of aromatic hydroxyl groups is 2. The maximum Gasteiger partial charge on any atom is 0.200 e. The molecule has 27 heavy (non-hydrogen) atoms. The molecule has 3 rings (SSSR count). The van der Waals surface area contributed by atoms with Crippen molar-refractivity contribution in [2.45, 2.75) is 13.0 Å². The van der Waals surface area contributed by atoms with E-state index in [0.29, 0.717) is 12.2 Å². The number of benzene rings is 2. The fourth-order valence-electron chi connectivity index (χ4n) is 3.00. The van der Waals surface area contributed by atoms with E-state index < -0.39 is 11.6 Å². The molecule has 2 aromatic rings. The highest BCUT2D eigenvalue weighted by Crippen LogP contribution is 2.41. The van der Waals surface area contributed by atoms with Gasteiger partial charge in [-0.05, 0) is 53.8 Å². The number of hydrogen-bond acceptors (Lipinski definition) is 5. The molecule has 0 spiro atoms. The number of anilines is 1. The molecule has 1 aliphatic carbocycles. The molecule has 6 nitrogen and oxygen atoms in total. The summed E-state index contributed by atoms with van der Waals surface area (Å²) in [5, 5.41) is 23.6. The lowest BCUT2D eigenvalue weighted by atomic mass is 9.82. The van der Waals surface area contributed by atoms with Crippen molar-refractivity contribution in [1.82, 2.24) is 0 Å². The fraction of sp³-hybridized carbons (Fsp3) is 0.300. The molecule has 0 radical (unpaired) electrons. The molecule has 1 unspecified atom stereocenters. The summed E-state index contributed by atoms with van der Waals surface area (Å²) in [5.41, 5.74) is 0.778. The number of nitrogens with one attached hydrogen (secondary N) is 1. The molecule has 0 heterocycles. The summed E-state index contributed by atoms with van der Waals surface area (Å²) in [6, 6.07) is 6.08. The highest BCUT2D eigenvalue weighted by molar-refractivity contribution is 14.1. The van der Waals surface area contributed by atoms with Gasteiger partial charge in [0.25, 0.3) is 0 Å². The maximum atomic E-state index is 13.2. The van der Waals surface area contributed by atoms with Crippen LogP contribution in [0.1, 0.15) is 38.8 Å². The number of nitrogens with zero attached hydrogens (tertiary/aromatic N) is 1. The first-order valence-electron chi connectivity index (χ1n) is 8.55. The van der Waals surface area contributed by atoms with Crippen LogP contribution in [0.25, 0.3) is 0 Å². The number of fused-ring (bicyclic) bond motifs is 2. The van der Waals surface area contributed by atoms with Crippen molar-refractivity contribution in [3.05, 3.63) is 50.1 Å². The molecule has 1 aliphatic rings. The van der Waals surface area contributed by atoms with E-state index in [2.05, 4.69) is 56.0 Å². The summed E-state index contributed by atoms with van der Waals surface area (Å²) in [7, 11) is 6.26. The van der Waals surface area contributed by atoms with E-state index in [4.69, 9.17) is 0 Å². The number of quaternary nitrogens is 1. The van der Waals surface area contributed by atoms with Gasteiger partial charge in [0.15, 0.2) is 5.78 Å². The molecule has 3 N–H and O–H groups in total. The highest BCUT2D eigenvalue weighted by Gasteiger charge is 2.37. The minimum atomic E-state index is -0.466. The van der Waals surface area contributed by atoms with Crippen LogP contribution < -0.4 is 5.32 Å². The Morgan fingerprint density at radius 3 is 2.07 bits per heavy atom. The van der Waals surface area contributed by atoms with Gasteiger partial charge in [-0.1, -0.05) is 0 Å². The van der Waals surface area contributed by atoms with Crippen LogP contribution in [0.3, 0.4) is 0 Å². The number of halogens is 1. The summed E-state index contributed by atoms with van der Waals surface area (Å²) < 4.78 is 1.55. The van der Waals surface area contributed by atoms with Crippen LogP contribution in [0.15, 0.2) is 24.3 Å². The second-order valence-electron chi connectivity index (χ2n) is 7.70. The highest BCUT2D eigenvalue weighted by atomic mass is 127. The number of ketones is 2. The second kappa shape index (κ2) is 6.79. The second-order valence-corrected chi connectivity index (χ2v) is 8.87. The molecule has 1 atom stereocenters. The number of rotatable bonds is 4. The lowest BCUT2D eigenvalue weighted by Crippen LogP contribution is -2.47. The molecule has 7 heteroatoms. The van der Waals surface area contributed by atoms with Gasteiger partial charge in [0, 0.05) is 9.13 Å². The number of carbonyl (C=O) groups is 2. The van der Waals surface area contributed by atoms with Gasteiger partial charge in [0.05, 0.1) is 50.1 Å². The zero-order valence-electron chi connectivity index (χ0n) is 15.6. The van der Waals surface area contributed by atoms with Crippen molar-refractivity contribution in [1.29, 1.82) is 0 Å². The minimum absolute atomic E-state index is 0.139. The van der Waals surface area contributed by atoms with Crippen molar-refractivity contribution >= 4 is 39.8 Å². The minimum Gasteiger partial charge on any atom is -0.507 e. The summed E-state index contributed by atoms with van der Waals surface area (Å²) in [4.78, 5) is 26.1. The van der Waals surface area contributed by atoms with Gasteiger partial charge < -0.3 is 20.0 Å². The Morgan fingerprint density at radius 2 is 1.52 bits per heavy atom. The van der Waals surface area contributed by atoms with Crippen LogP contribution in [0.4, 0.5) is 5.69 Å². The van der Waals surface area contributed by atoms with Gasteiger partial charge in [-0.3, -0.25) is 9.59 Å². The Bertz CT molecular complexity index is 963. The van der Waals surface area contributed by atoms with Crippen molar-refractivity contribution < 1.29 is 24.3 Å². The molecule has 2 aromatic carbocycles. The van der Waals surface area contributed by atoms with E-state index in [9.17, 15) is 19.8 Å². The van der Waals surface area contributed by atoms with Crippen LogP contribution in [-0.2, 0) is 0 Å². The summed E-state index contributed by atoms with van der Waals surface area (Å²) >= 11 is 2.12. The summed E-state index contributed by atoms with van der Waals surface area (Å²) in [6.45, 7) is 2.71. The topological polar surface area (TPSA) is 86.6 Å². The van der Waals surface area contributed by atoms with Gasteiger partial charge in [-0.15, -0.1) is 0 Å². The van der Waals surface area contributed by atoms with Crippen molar-refractivity contribution in [2.75, 3.05) is 33.0 Å². The molecule has 0 aromatic heterocycles. The van der Waals surface area contributed by atoms with Gasteiger partial charge in [0.2, 0.25) is 5.78 Å². The van der Waals surface area contributed by atoms with Crippen LogP contribution in [0.5, 0.6) is 11.5 Å². The zero-order valence-corrected chi connectivity index (χ0v) is 17.8. The third kappa shape index (κ3) is 3.29. The van der Waals surface area contributed by atoms with E-state index in [-0.39, 0.29) is 39.8 Å². The number of carbonyl (C=O) groups excluding carboxylic acids is 2. The zero-order chi connectivity index (χ0) is 20.1. The lowest BCUT2D eigenvalue weighted by Gasteiger charge is -2.32. The molecule has 0 bridgehead atoms. The first-order chi connectivity index (χ1) is 12.5. The Balaban J connectivity index is 2.13. The van der Waals surface area contributed by atoms with Gasteiger partial charge in [-0.25, -0.2) is 0 Å². The number of phenols is 2. The van der Waals surface area contributed by atoms with Crippen LogP contribution in [0, 0.1) is 3.57 Å². The largest absolute Gasteiger partial charge is 0.507 e. The predicted molar refractivity (Wildman–Crippen MR) is 112 cm³/mol. The molecule has 142 valence electrons. The van der Waals surface area contributed by atoms with E-state index in [0.717, 1.165) is 8.05 Å². The quantitative estimate of drug-likeness (QED) is 0.303. The molecule has 0 aliphatic heterocycles.